The maximum absolute atomic E-state index is 12.1. The van der Waals surface area contributed by atoms with Crippen LogP contribution in [0.25, 0.3) is 10.2 Å². The van der Waals surface area contributed by atoms with Gasteiger partial charge in [-0.3, -0.25) is 4.79 Å². The first-order valence-corrected chi connectivity index (χ1v) is 7.65. The number of aromatic nitrogens is 1. The van der Waals surface area contributed by atoms with E-state index >= 15 is 0 Å². The number of fused-ring (bicyclic) bond motifs is 1. The van der Waals surface area contributed by atoms with E-state index in [0.717, 1.165) is 21.3 Å². The van der Waals surface area contributed by atoms with E-state index in [1.54, 1.807) is 0 Å². The van der Waals surface area contributed by atoms with Gasteiger partial charge in [-0.15, -0.1) is 0 Å². The smallest absolute Gasteiger partial charge is 0.230 e. The van der Waals surface area contributed by atoms with Crippen LogP contribution in [0.15, 0.2) is 42.5 Å². The van der Waals surface area contributed by atoms with Gasteiger partial charge in [0.15, 0.2) is 5.13 Å². The van der Waals surface area contributed by atoms with Gasteiger partial charge in [-0.2, -0.15) is 0 Å². The van der Waals surface area contributed by atoms with Gasteiger partial charge in [0.2, 0.25) is 5.91 Å². The van der Waals surface area contributed by atoms with Crippen LogP contribution < -0.4 is 5.32 Å². The maximum atomic E-state index is 12.1. The largest absolute Gasteiger partial charge is 0.302 e. The van der Waals surface area contributed by atoms with Gasteiger partial charge >= 0.3 is 0 Å². The lowest BCUT2D eigenvalue weighted by Crippen LogP contribution is -2.14. The Kier molecular flexibility index (Phi) is 3.71. The van der Waals surface area contributed by atoms with Crippen molar-refractivity contribution in [3.05, 3.63) is 59.2 Å². The van der Waals surface area contributed by atoms with Crippen LogP contribution in [0, 0.1) is 13.8 Å². The fourth-order valence-electron chi connectivity index (χ4n) is 2.23. The lowest BCUT2D eigenvalue weighted by molar-refractivity contribution is -0.115. The Bertz CT molecular complexity index is 807. The van der Waals surface area contributed by atoms with E-state index in [1.807, 2.05) is 43.3 Å². The first-order valence-electron chi connectivity index (χ1n) is 6.83. The maximum Gasteiger partial charge on any atom is 0.230 e. The average molecular weight is 296 g/mol. The summed E-state index contributed by atoms with van der Waals surface area (Å²) in [7, 11) is 0. The molecule has 1 N–H and O–H groups in total. The van der Waals surface area contributed by atoms with E-state index in [0.29, 0.717) is 11.6 Å². The van der Waals surface area contributed by atoms with Crippen LogP contribution in [0.2, 0.25) is 0 Å². The van der Waals surface area contributed by atoms with Gasteiger partial charge in [0, 0.05) is 0 Å². The molecule has 0 bridgehead atoms. The van der Waals surface area contributed by atoms with Crippen LogP contribution in [0.5, 0.6) is 0 Å². The molecular weight excluding hydrogens is 280 g/mol. The van der Waals surface area contributed by atoms with Crippen LogP contribution in [-0.4, -0.2) is 10.9 Å². The first kappa shape index (κ1) is 13.8. The minimum Gasteiger partial charge on any atom is -0.302 e. The predicted octanol–water partition coefficient (Wildman–Crippen LogP) is 4.09. The summed E-state index contributed by atoms with van der Waals surface area (Å²) in [5.41, 5.74) is 4.31. The highest BCUT2D eigenvalue weighted by Gasteiger charge is 2.09. The zero-order valence-electron chi connectivity index (χ0n) is 12.0. The number of rotatable bonds is 3. The molecule has 2 aromatic carbocycles. The molecule has 3 rings (SSSR count). The molecule has 0 aliphatic heterocycles. The van der Waals surface area contributed by atoms with Crippen molar-refractivity contribution in [3.63, 3.8) is 0 Å². The molecule has 0 saturated heterocycles. The molecule has 1 amide bonds. The molecule has 0 aliphatic carbocycles. The van der Waals surface area contributed by atoms with E-state index in [4.69, 9.17) is 0 Å². The Morgan fingerprint density at radius 1 is 1.19 bits per heavy atom. The van der Waals surface area contributed by atoms with Crippen LogP contribution in [0.4, 0.5) is 5.13 Å². The topological polar surface area (TPSA) is 42.0 Å². The van der Waals surface area contributed by atoms with Gasteiger partial charge < -0.3 is 5.32 Å². The number of aryl methyl sites for hydroxylation is 2. The van der Waals surface area contributed by atoms with Crippen LogP contribution in [0.1, 0.15) is 16.7 Å². The zero-order valence-corrected chi connectivity index (χ0v) is 12.8. The number of hydrogen-bond acceptors (Lipinski definition) is 3. The normalized spacial score (nSPS) is 10.8. The third-order valence-electron chi connectivity index (χ3n) is 3.40. The second-order valence-electron chi connectivity index (χ2n) is 5.14. The van der Waals surface area contributed by atoms with Crippen molar-refractivity contribution in [1.29, 1.82) is 0 Å². The van der Waals surface area contributed by atoms with E-state index < -0.39 is 0 Å². The Labute approximate surface area is 127 Å². The monoisotopic (exact) mass is 296 g/mol. The van der Waals surface area contributed by atoms with Crippen LogP contribution >= 0.6 is 11.3 Å². The fraction of sp³-hybridized carbons (Fsp3) is 0.176. The molecule has 3 nitrogen and oxygen atoms in total. The minimum atomic E-state index is -0.0277. The van der Waals surface area contributed by atoms with Gasteiger partial charge in [0.1, 0.15) is 0 Å². The van der Waals surface area contributed by atoms with Gasteiger partial charge in [-0.05, 0) is 42.7 Å². The Morgan fingerprint density at radius 3 is 2.81 bits per heavy atom. The van der Waals surface area contributed by atoms with Crippen LogP contribution in [0.3, 0.4) is 0 Å². The number of thiazole rings is 1. The summed E-state index contributed by atoms with van der Waals surface area (Å²) in [5, 5.41) is 3.56. The van der Waals surface area contributed by atoms with Gasteiger partial charge in [0.05, 0.1) is 16.6 Å². The zero-order chi connectivity index (χ0) is 14.8. The molecule has 0 unspecified atom stereocenters. The van der Waals surface area contributed by atoms with Crippen molar-refractivity contribution < 1.29 is 4.79 Å². The number of carbonyl (C=O) groups excluding carboxylic acids is 1. The summed E-state index contributed by atoms with van der Waals surface area (Å²) in [4.78, 5) is 16.6. The third-order valence-corrected chi connectivity index (χ3v) is 4.34. The Morgan fingerprint density at radius 2 is 2.00 bits per heavy atom. The number of nitrogens with one attached hydrogen (secondary N) is 1. The number of hydrogen-bond donors (Lipinski definition) is 1. The molecule has 21 heavy (non-hydrogen) atoms. The van der Waals surface area contributed by atoms with Crippen molar-refractivity contribution in [2.24, 2.45) is 0 Å². The molecule has 106 valence electrons. The van der Waals surface area contributed by atoms with E-state index in [2.05, 4.69) is 23.3 Å². The molecule has 0 saturated carbocycles. The molecule has 1 heterocycles. The number of nitrogens with zero attached hydrogens (tertiary/aromatic N) is 1. The average Bonchev–Trinajstić information content (AvgIpc) is 2.82. The molecule has 0 radical (unpaired) electrons. The third kappa shape index (κ3) is 3.11. The summed E-state index contributed by atoms with van der Waals surface area (Å²) in [6.45, 7) is 4.07. The van der Waals surface area contributed by atoms with Crippen LogP contribution in [-0.2, 0) is 11.2 Å². The fourth-order valence-corrected chi connectivity index (χ4v) is 3.21. The second-order valence-corrected chi connectivity index (χ2v) is 6.17. The lowest BCUT2D eigenvalue weighted by atomic mass is 10.1. The second kappa shape index (κ2) is 5.66. The highest BCUT2D eigenvalue weighted by Crippen LogP contribution is 2.26. The number of carbonyl (C=O) groups is 1. The standard InChI is InChI=1S/C17H16N2OS/c1-11-7-8-14-15(9-11)21-17(18-14)19-16(20)10-13-6-4-3-5-12(13)2/h3-9H,10H2,1-2H3,(H,18,19,20). The van der Waals surface area contributed by atoms with Crippen molar-refractivity contribution in [2.75, 3.05) is 5.32 Å². The van der Waals surface area contributed by atoms with Gasteiger partial charge in [-0.25, -0.2) is 4.98 Å². The summed E-state index contributed by atoms with van der Waals surface area (Å²) in [6, 6.07) is 14.0. The van der Waals surface area contributed by atoms with Crippen molar-refractivity contribution in [2.45, 2.75) is 20.3 Å². The Hall–Kier alpha value is -2.20. The highest BCUT2D eigenvalue weighted by molar-refractivity contribution is 7.22. The number of anilines is 1. The molecule has 0 spiro atoms. The molecule has 0 fully saturated rings. The Balaban J connectivity index is 1.75. The van der Waals surface area contributed by atoms with Crippen molar-refractivity contribution in [3.8, 4) is 0 Å². The summed E-state index contributed by atoms with van der Waals surface area (Å²) >= 11 is 1.51. The lowest BCUT2D eigenvalue weighted by Gasteiger charge is -2.04. The summed E-state index contributed by atoms with van der Waals surface area (Å²) in [5.74, 6) is -0.0277. The molecule has 4 heteroatoms. The highest BCUT2D eigenvalue weighted by atomic mass is 32.1. The number of benzene rings is 2. The quantitative estimate of drug-likeness (QED) is 0.791. The van der Waals surface area contributed by atoms with E-state index in [9.17, 15) is 4.79 Å². The molecule has 3 aromatic rings. The molecule has 0 aliphatic rings. The molecule has 1 aromatic heterocycles. The SMILES string of the molecule is Cc1ccc2nc(NC(=O)Cc3ccccc3C)sc2c1. The van der Waals surface area contributed by atoms with E-state index in [-0.39, 0.29) is 5.91 Å². The van der Waals surface area contributed by atoms with E-state index in [1.165, 1.54) is 16.9 Å². The van der Waals surface area contributed by atoms with Gasteiger partial charge in [0.25, 0.3) is 0 Å². The number of amides is 1. The first-order chi connectivity index (χ1) is 10.1. The minimum absolute atomic E-state index is 0.0277. The molecular formula is C17H16N2OS. The van der Waals surface area contributed by atoms with Crippen molar-refractivity contribution >= 4 is 32.6 Å². The van der Waals surface area contributed by atoms with Gasteiger partial charge in [-0.1, -0.05) is 41.7 Å². The summed E-state index contributed by atoms with van der Waals surface area (Å²) in [6.07, 6.45) is 0.377. The van der Waals surface area contributed by atoms with Crippen molar-refractivity contribution in [1.82, 2.24) is 4.98 Å². The molecule has 0 atom stereocenters. The summed E-state index contributed by atoms with van der Waals surface area (Å²) < 4.78 is 1.10. The predicted molar refractivity (Wildman–Crippen MR) is 87.9 cm³/mol.